The van der Waals surface area contributed by atoms with Crippen molar-refractivity contribution in [2.45, 2.75) is 11.2 Å². The number of ether oxygens (including phenoxy) is 1. The number of methoxy groups -OCH3 is 1. The maximum Gasteiger partial charge on any atom is 0.133 e. The molecule has 0 aromatic heterocycles. The van der Waals surface area contributed by atoms with Gasteiger partial charge in [-0.1, -0.05) is 15.9 Å². The fraction of sp³-hybridized carbons (Fsp3) is 0.400. The highest BCUT2D eigenvalue weighted by Crippen LogP contribution is 2.31. The minimum atomic E-state index is -0.916. The van der Waals surface area contributed by atoms with Crippen LogP contribution in [0.25, 0.3) is 0 Å². The molecule has 0 aliphatic carbocycles. The second-order valence-corrected chi connectivity index (χ2v) is 4.14. The highest BCUT2D eigenvalue weighted by atomic mass is 79.9. The summed E-state index contributed by atoms with van der Waals surface area (Å²) in [5, 5.41) is 0. The molecule has 0 saturated heterocycles. The van der Waals surface area contributed by atoms with E-state index in [1.807, 2.05) is 0 Å². The van der Waals surface area contributed by atoms with Gasteiger partial charge >= 0.3 is 0 Å². The van der Waals surface area contributed by atoms with Crippen LogP contribution >= 0.6 is 15.9 Å². The molecule has 0 N–H and O–H groups in total. The Hall–Kier alpha value is -0.550. The Morgan fingerprint density at radius 1 is 1.27 bits per heavy atom. The fourth-order valence-corrected chi connectivity index (χ4v) is 1.84. The van der Waals surface area contributed by atoms with Gasteiger partial charge in [-0.25, -0.2) is 13.2 Å². The molecule has 1 rings (SSSR count). The number of hydrogen-bond donors (Lipinski definition) is 0. The van der Waals surface area contributed by atoms with E-state index in [-0.39, 0.29) is 5.56 Å². The molecule has 0 heterocycles. The second-order valence-electron chi connectivity index (χ2n) is 3.03. The van der Waals surface area contributed by atoms with Gasteiger partial charge in [0.05, 0.1) is 0 Å². The predicted molar refractivity (Wildman–Crippen MR) is 54.5 cm³/mol. The Balaban J connectivity index is 2.92. The van der Waals surface area contributed by atoms with Gasteiger partial charge in [0, 0.05) is 36.2 Å². The fourth-order valence-electron chi connectivity index (χ4n) is 1.22. The molecule has 1 unspecified atom stereocenters. The van der Waals surface area contributed by atoms with Crippen molar-refractivity contribution >= 4 is 15.9 Å². The summed E-state index contributed by atoms with van der Waals surface area (Å²) in [6, 6.07) is 1.33. The number of alkyl halides is 1. The Labute approximate surface area is 94.4 Å². The van der Waals surface area contributed by atoms with E-state index in [2.05, 4.69) is 15.9 Å². The topological polar surface area (TPSA) is 9.23 Å². The molecule has 0 radical (unpaired) electrons. The Morgan fingerprint density at radius 3 is 2.27 bits per heavy atom. The summed E-state index contributed by atoms with van der Waals surface area (Å²) < 4.78 is 43.9. The molecule has 0 aliphatic rings. The molecule has 0 spiro atoms. The first kappa shape index (κ1) is 12.5. The van der Waals surface area contributed by atoms with E-state index in [1.165, 1.54) is 7.11 Å². The molecular weight excluding hydrogens is 273 g/mol. The third-order valence-electron chi connectivity index (χ3n) is 1.93. The van der Waals surface area contributed by atoms with Crippen LogP contribution in [-0.4, -0.2) is 13.7 Å². The van der Waals surface area contributed by atoms with Crippen molar-refractivity contribution in [2.24, 2.45) is 0 Å². The summed E-state index contributed by atoms with van der Waals surface area (Å²) >= 11 is 3.13. The Kier molecular flexibility index (Phi) is 4.60. The molecular formula is C10H10BrF3O. The SMILES string of the molecule is COCCC(Br)c1c(F)cc(F)cc1F. The first-order valence-corrected chi connectivity index (χ1v) is 5.25. The molecule has 15 heavy (non-hydrogen) atoms. The third-order valence-corrected chi connectivity index (χ3v) is 2.85. The van der Waals surface area contributed by atoms with E-state index in [9.17, 15) is 13.2 Å². The summed E-state index contributed by atoms with van der Waals surface area (Å²) in [7, 11) is 1.50. The molecule has 0 fully saturated rings. The van der Waals surface area contributed by atoms with Crippen molar-refractivity contribution in [3.05, 3.63) is 35.1 Å². The number of rotatable bonds is 4. The van der Waals surface area contributed by atoms with Crippen LogP contribution in [0.1, 0.15) is 16.8 Å². The average Bonchev–Trinajstić information content (AvgIpc) is 2.12. The first-order chi connectivity index (χ1) is 7.06. The normalized spacial score (nSPS) is 12.9. The van der Waals surface area contributed by atoms with Crippen LogP contribution in [-0.2, 0) is 4.74 Å². The van der Waals surface area contributed by atoms with Gasteiger partial charge in [0.15, 0.2) is 0 Å². The highest BCUT2D eigenvalue weighted by Gasteiger charge is 2.18. The second kappa shape index (κ2) is 5.51. The smallest absolute Gasteiger partial charge is 0.133 e. The largest absolute Gasteiger partial charge is 0.385 e. The lowest BCUT2D eigenvalue weighted by Crippen LogP contribution is -2.03. The molecule has 0 saturated carbocycles. The van der Waals surface area contributed by atoms with E-state index in [1.54, 1.807) is 0 Å². The molecule has 1 aromatic rings. The zero-order chi connectivity index (χ0) is 11.4. The molecule has 84 valence electrons. The number of halogens is 4. The van der Waals surface area contributed by atoms with Crippen molar-refractivity contribution in [1.29, 1.82) is 0 Å². The van der Waals surface area contributed by atoms with Crippen LogP contribution in [0.3, 0.4) is 0 Å². The minimum Gasteiger partial charge on any atom is -0.385 e. The van der Waals surface area contributed by atoms with Gasteiger partial charge in [-0.05, 0) is 6.42 Å². The molecule has 0 bridgehead atoms. The summed E-state index contributed by atoms with van der Waals surface area (Å²) in [4.78, 5) is -0.516. The molecule has 5 heteroatoms. The van der Waals surface area contributed by atoms with E-state index in [4.69, 9.17) is 4.74 Å². The summed E-state index contributed by atoms with van der Waals surface area (Å²) in [5.41, 5.74) is -0.159. The lowest BCUT2D eigenvalue weighted by Gasteiger charge is -2.11. The molecule has 1 atom stereocenters. The first-order valence-electron chi connectivity index (χ1n) is 4.33. The van der Waals surface area contributed by atoms with Crippen molar-refractivity contribution in [2.75, 3.05) is 13.7 Å². The lowest BCUT2D eigenvalue weighted by molar-refractivity contribution is 0.194. The number of hydrogen-bond acceptors (Lipinski definition) is 1. The van der Waals surface area contributed by atoms with Crippen LogP contribution in [0.5, 0.6) is 0 Å². The third kappa shape index (κ3) is 3.21. The van der Waals surface area contributed by atoms with Crippen molar-refractivity contribution in [3.63, 3.8) is 0 Å². The van der Waals surface area contributed by atoms with E-state index in [0.717, 1.165) is 0 Å². The van der Waals surface area contributed by atoms with Crippen molar-refractivity contribution < 1.29 is 17.9 Å². The van der Waals surface area contributed by atoms with Crippen LogP contribution in [0.4, 0.5) is 13.2 Å². The van der Waals surface area contributed by atoms with Crippen LogP contribution in [0.15, 0.2) is 12.1 Å². The van der Waals surface area contributed by atoms with Crippen LogP contribution in [0.2, 0.25) is 0 Å². The summed E-state index contributed by atoms with van der Waals surface area (Å²) in [5.74, 6) is -2.68. The Morgan fingerprint density at radius 2 is 1.80 bits per heavy atom. The monoisotopic (exact) mass is 282 g/mol. The van der Waals surface area contributed by atoms with E-state index in [0.29, 0.717) is 25.2 Å². The predicted octanol–water partition coefficient (Wildman–Crippen LogP) is 3.58. The van der Waals surface area contributed by atoms with Gasteiger partial charge in [-0.15, -0.1) is 0 Å². The molecule has 1 nitrogen and oxygen atoms in total. The van der Waals surface area contributed by atoms with Gasteiger partial charge < -0.3 is 4.74 Å². The van der Waals surface area contributed by atoms with Gasteiger partial charge in [-0.3, -0.25) is 0 Å². The lowest BCUT2D eigenvalue weighted by atomic mass is 10.1. The Bertz CT molecular complexity index is 320. The molecule has 1 aromatic carbocycles. The minimum absolute atomic E-state index is 0.159. The zero-order valence-corrected chi connectivity index (χ0v) is 9.65. The van der Waals surface area contributed by atoms with Gasteiger partial charge in [0.2, 0.25) is 0 Å². The summed E-state index contributed by atoms with van der Waals surface area (Å²) in [6.07, 6.45) is 0.413. The van der Waals surface area contributed by atoms with E-state index < -0.39 is 22.3 Å². The summed E-state index contributed by atoms with van der Waals surface area (Å²) in [6.45, 7) is 0.367. The average molecular weight is 283 g/mol. The van der Waals surface area contributed by atoms with Crippen LogP contribution < -0.4 is 0 Å². The van der Waals surface area contributed by atoms with E-state index >= 15 is 0 Å². The van der Waals surface area contributed by atoms with Crippen molar-refractivity contribution in [1.82, 2.24) is 0 Å². The highest BCUT2D eigenvalue weighted by molar-refractivity contribution is 9.09. The van der Waals surface area contributed by atoms with Crippen LogP contribution in [0, 0.1) is 17.5 Å². The maximum atomic E-state index is 13.2. The number of benzene rings is 1. The quantitative estimate of drug-likeness (QED) is 0.767. The maximum absolute atomic E-state index is 13.2. The van der Waals surface area contributed by atoms with Gasteiger partial charge in [0.25, 0.3) is 0 Å². The zero-order valence-electron chi connectivity index (χ0n) is 8.07. The van der Waals surface area contributed by atoms with Gasteiger partial charge in [0.1, 0.15) is 17.5 Å². The standard InChI is InChI=1S/C10H10BrF3O/c1-15-3-2-7(11)10-8(13)4-6(12)5-9(10)14/h4-5,7H,2-3H2,1H3. The van der Waals surface area contributed by atoms with Gasteiger partial charge in [-0.2, -0.15) is 0 Å². The molecule has 0 amide bonds. The van der Waals surface area contributed by atoms with Crippen molar-refractivity contribution in [3.8, 4) is 0 Å². The molecule has 0 aliphatic heterocycles.